The van der Waals surface area contributed by atoms with E-state index >= 15 is 0 Å². The lowest BCUT2D eigenvalue weighted by atomic mass is 9.70. The zero-order valence-electron chi connectivity index (χ0n) is 8.39. The minimum atomic E-state index is 0.222. The maximum absolute atomic E-state index is 11.6. The van der Waals surface area contributed by atoms with Gasteiger partial charge in [0.1, 0.15) is 0 Å². The monoisotopic (exact) mass is 176 g/mol. The molecule has 2 aliphatic rings. The van der Waals surface area contributed by atoms with Crippen LogP contribution in [0.3, 0.4) is 0 Å². The molecule has 0 radical (unpaired) electrons. The Labute approximate surface area is 79.5 Å². The van der Waals surface area contributed by atoms with E-state index in [1.807, 2.05) is 6.08 Å². The Morgan fingerprint density at radius 3 is 2.77 bits per heavy atom. The van der Waals surface area contributed by atoms with Crippen molar-refractivity contribution in [3.05, 3.63) is 23.3 Å². The lowest BCUT2D eigenvalue weighted by Gasteiger charge is -2.34. The smallest absolute Gasteiger partial charge is 0.162 e. The molecule has 0 atom stereocenters. The zero-order chi connectivity index (χ0) is 9.47. The summed E-state index contributed by atoms with van der Waals surface area (Å²) in [6.45, 7) is 4.48. The first-order valence-corrected chi connectivity index (χ1v) is 5.05. The number of allylic oxidation sites excluding steroid dienone is 4. The molecule has 0 aromatic carbocycles. The molecule has 0 aliphatic heterocycles. The molecular weight excluding hydrogens is 160 g/mol. The molecule has 2 rings (SSSR count). The Morgan fingerprint density at radius 2 is 2.08 bits per heavy atom. The van der Waals surface area contributed by atoms with E-state index in [4.69, 9.17) is 0 Å². The van der Waals surface area contributed by atoms with Crippen LogP contribution in [0.25, 0.3) is 0 Å². The summed E-state index contributed by atoms with van der Waals surface area (Å²) in [5.41, 5.74) is 2.63. The topological polar surface area (TPSA) is 17.1 Å². The number of ketones is 1. The summed E-state index contributed by atoms with van der Waals surface area (Å²) in [4.78, 5) is 11.6. The molecule has 70 valence electrons. The van der Waals surface area contributed by atoms with Crippen molar-refractivity contribution in [2.75, 3.05) is 0 Å². The van der Waals surface area contributed by atoms with Crippen molar-refractivity contribution >= 4 is 5.78 Å². The maximum atomic E-state index is 11.6. The summed E-state index contributed by atoms with van der Waals surface area (Å²) >= 11 is 0. The van der Waals surface area contributed by atoms with Gasteiger partial charge in [-0.15, -0.1) is 0 Å². The van der Waals surface area contributed by atoms with Gasteiger partial charge in [0.15, 0.2) is 5.78 Å². The van der Waals surface area contributed by atoms with Crippen LogP contribution in [0, 0.1) is 5.41 Å². The van der Waals surface area contributed by atoms with E-state index in [1.165, 1.54) is 5.57 Å². The molecule has 0 fully saturated rings. The van der Waals surface area contributed by atoms with Gasteiger partial charge < -0.3 is 0 Å². The molecule has 1 heteroatoms. The molecule has 0 spiro atoms. The summed E-state index contributed by atoms with van der Waals surface area (Å²) in [6.07, 6.45) is 8.18. The van der Waals surface area contributed by atoms with E-state index < -0.39 is 0 Å². The number of hydrogen-bond donors (Lipinski definition) is 0. The normalized spacial score (nSPS) is 26.2. The average Bonchev–Trinajstić information content (AvgIpc) is 2.06. The van der Waals surface area contributed by atoms with Crippen molar-refractivity contribution < 1.29 is 4.79 Å². The van der Waals surface area contributed by atoms with Crippen molar-refractivity contribution in [3.8, 4) is 0 Å². The molecule has 0 unspecified atom stereocenters. The van der Waals surface area contributed by atoms with E-state index in [2.05, 4.69) is 19.9 Å². The minimum absolute atomic E-state index is 0.222. The van der Waals surface area contributed by atoms with Gasteiger partial charge in [-0.05, 0) is 24.7 Å². The number of carbonyl (C=O) groups is 1. The van der Waals surface area contributed by atoms with Crippen LogP contribution in [0.1, 0.15) is 39.5 Å². The van der Waals surface area contributed by atoms with Gasteiger partial charge in [-0.2, -0.15) is 0 Å². The minimum Gasteiger partial charge on any atom is -0.294 e. The quantitative estimate of drug-likeness (QED) is 0.554. The Morgan fingerprint density at radius 1 is 1.31 bits per heavy atom. The fourth-order valence-corrected chi connectivity index (χ4v) is 2.35. The van der Waals surface area contributed by atoms with Gasteiger partial charge >= 0.3 is 0 Å². The Balaban J connectivity index is 2.47. The first-order valence-electron chi connectivity index (χ1n) is 5.05. The predicted molar refractivity (Wildman–Crippen MR) is 53.4 cm³/mol. The lowest BCUT2D eigenvalue weighted by molar-refractivity contribution is -0.115. The molecular formula is C12H16O. The maximum Gasteiger partial charge on any atom is 0.162 e. The summed E-state index contributed by atoms with van der Waals surface area (Å²) in [5, 5.41) is 0. The largest absolute Gasteiger partial charge is 0.294 e. The zero-order valence-corrected chi connectivity index (χ0v) is 8.39. The van der Waals surface area contributed by atoms with E-state index in [0.29, 0.717) is 5.78 Å². The fraction of sp³-hybridized carbons (Fsp3) is 0.583. The molecule has 1 nitrogen and oxygen atoms in total. The second kappa shape index (κ2) is 2.83. The Kier molecular flexibility index (Phi) is 1.90. The second-order valence-corrected chi connectivity index (χ2v) is 4.66. The number of rotatable bonds is 0. The van der Waals surface area contributed by atoms with Crippen LogP contribution in [-0.4, -0.2) is 5.78 Å². The average molecular weight is 176 g/mol. The third kappa shape index (κ3) is 1.37. The summed E-state index contributed by atoms with van der Waals surface area (Å²) in [6, 6.07) is 0. The lowest BCUT2D eigenvalue weighted by Crippen LogP contribution is -2.24. The predicted octanol–water partition coefficient (Wildman–Crippen LogP) is 3.02. The Bertz CT molecular complexity index is 305. The van der Waals surface area contributed by atoms with Gasteiger partial charge in [-0.3, -0.25) is 4.79 Å². The number of hydrogen-bond acceptors (Lipinski definition) is 1. The van der Waals surface area contributed by atoms with Gasteiger partial charge in [-0.25, -0.2) is 0 Å². The van der Waals surface area contributed by atoms with Crippen LogP contribution in [-0.2, 0) is 4.79 Å². The third-order valence-corrected chi connectivity index (χ3v) is 3.19. The van der Waals surface area contributed by atoms with Gasteiger partial charge in [0, 0.05) is 12.0 Å². The second-order valence-electron chi connectivity index (χ2n) is 4.66. The summed E-state index contributed by atoms with van der Waals surface area (Å²) in [5.74, 6) is 0.352. The number of carbonyl (C=O) groups excluding carboxylic acids is 1. The van der Waals surface area contributed by atoms with Gasteiger partial charge in [0.2, 0.25) is 0 Å². The van der Waals surface area contributed by atoms with Gasteiger partial charge in [-0.1, -0.05) is 31.6 Å². The Hall–Kier alpha value is -0.850. The summed E-state index contributed by atoms with van der Waals surface area (Å²) in [7, 11) is 0. The molecule has 0 saturated carbocycles. The first kappa shape index (κ1) is 8.74. The highest BCUT2D eigenvalue weighted by Gasteiger charge is 2.31. The van der Waals surface area contributed by atoms with Crippen LogP contribution in [0.4, 0.5) is 0 Å². The van der Waals surface area contributed by atoms with Crippen molar-refractivity contribution in [3.63, 3.8) is 0 Å². The highest BCUT2D eigenvalue weighted by atomic mass is 16.1. The molecule has 2 aliphatic carbocycles. The molecule has 0 saturated heterocycles. The van der Waals surface area contributed by atoms with E-state index in [0.717, 1.165) is 31.3 Å². The highest BCUT2D eigenvalue weighted by molar-refractivity contribution is 6.00. The van der Waals surface area contributed by atoms with Gasteiger partial charge in [0.05, 0.1) is 0 Å². The van der Waals surface area contributed by atoms with E-state index in [-0.39, 0.29) is 5.41 Å². The fourth-order valence-electron chi connectivity index (χ4n) is 2.35. The van der Waals surface area contributed by atoms with Crippen molar-refractivity contribution in [2.45, 2.75) is 39.5 Å². The van der Waals surface area contributed by atoms with Crippen molar-refractivity contribution in [1.82, 2.24) is 0 Å². The van der Waals surface area contributed by atoms with Gasteiger partial charge in [0.25, 0.3) is 0 Å². The SMILES string of the molecule is CC1(C)CC=CC2=C1CCCC2=O. The van der Waals surface area contributed by atoms with E-state index in [9.17, 15) is 4.79 Å². The summed E-state index contributed by atoms with van der Waals surface area (Å²) < 4.78 is 0. The van der Waals surface area contributed by atoms with Crippen LogP contribution in [0.5, 0.6) is 0 Å². The molecule has 0 aromatic rings. The molecule has 13 heavy (non-hydrogen) atoms. The molecule has 0 bridgehead atoms. The van der Waals surface area contributed by atoms with Crippen LogP contribution in [0.2, 0.25) is 0 Å². The molecule has 0 N–H and O–H groups in total. The molecule has 0 heterocycles. The number of Topliss-reactive ketones (excluding diaryl/α,β-unsaturated/α-hetero) is 1. The molecule has 0 aromatic heterocycles. The highest BCUT2D eigenvalue weighted by Crippen LogP contribution is 2.42. The molecule has 0 amide bonds. The first-order chi connectivity index (χ1) is 6.11. The van der Waals surface area contributed by atoms with Crippen LogP contribution < -0.4 is 0 Å². The van der Waals surface area contributed by atoms with Crippen molar-refractivity contribution in [2.24, 2.45) is 5.41 Å². The van der Waals surface area contributed by atoms with Crippen LogP contribution in [0.15, 0.2) is 23.3 Å². The van der Waals surface area contributed by atoms with E-state index in [1.54, 1.807) is 0 Å². The van der Waals surface area contributed by atoms with Crippen LogP contribution >= 0.6 is 0 Å². The standard InChI is InChI=1S/C12H16O/c1-12(2)8-4-5-9-10(12)6-3-7-11(9)13/h4-5H,3,6-8H2,1-2H3. The van der Waals surface area contributed by atoms with Crippen molar-refractivity contribution in [1.29, 1.82) is 0 Å². The third-order valence-electron chi connectivity index (χ3n) is 3.19.